The molecule has 3 heterocycles. The first-order valence-corrected chi connectivity index (χ1v) is 9.39. The Kier molecular flexibility index (Phi) is 3.96. The number of rotatable bonds is 4. The van der Waals surface area contributed by atoms with Gasteiger partial charge in [0.05, 0.1) is 27.8 Å². The van der Waals surface area contributed by atoms with E-state index < -0.39 is 0 Å². The second kappa shape index (κ2) is 6.07. The number of pyridine rings is 1. The lowest BCUT2D eigenvalue weighted by Crippen LogP contribution is -2.27. The smallest absolute Gasteiger partial charge is 0.166 e. The largest absolute Gasteiger partial charge is 0.395 e. The van der Waals surface area contributed by atoms with E-state index in [2.05, 4.69) is 16.0 Å². The van der Waals surface area contributed by atoms with Gasteiger partial charge >= 0.3 is 0 Å². The van der Waals surface area contributed by atoms with Gasteiger partial charge in [-0.3, -0.25) is 9.69 Å². The van der Waals surface area contributed by atoms with Crippen molar-refractivity contribution >= 4 is 22.8 Å². The highest BCUT2D eigenvalue weighted by Crippen LogP contribution is 2.55. The molecule has 1 saturated carbocycles. The van der Waals surface area contributed by atoms with Gasteiger partial charge in [0.25, 0.3) is 0 Å². The van der Waals surface area contributed by atoms with Crippen LogP contribution in [-0.2, 0) is 7.05 Å². The molecule has 1 aliphatic carbocycles. The van der Waals surface area contributed by atoms with E-state index in [9.17, 15) is 0 Å². The molecule has 0 radical (unpaired) electrons. The molecule has 136 valence electrons. The van der Waals surface area contributed by atoms with Crippen LogP contribution in [0.2, 0.25) is 0 Å². The molecule has 1 fully saturated rings. The summed E-state index contributed by atoms with van der Waals surface area (Å²) in [5, 5.41) is 7.31. The number of aryl methyl sites for hydroxylation is 3. The van der Waals surface area contributed by atoms with E-state index in [4.69, 9.17) is 16.7 Å². The zero-order valence-electron chi connectivity index (χ0n) is 15.4. The van der Waals surface area contributed by atoms with Crippen molar-refractivity contribution in [2.75, 3.05) is 17.8 Å². The molecule has 2 unspecified atom stereocenters. The summed E-state index contributed by atoms with van der Waals surface area (Å²) in [5.41, 5.74) is 10.6. The molecule has 0 spiro atoms. The number of thiazole rings is 1. The second-order valence-corrected chi connectivity index (χ2v) is 8.25. The third kappa shape index (κ3) is 2.85. The molecule has 26 heavy (non-hydrogen) atoms. The Bertz CT molecular complexity index is 972. The Morgan fingerprint density at radius 3 is 2.69 bits per heavy atom. The molecule has 3 aromatic heterocycles. The quantitative estimate of drug-likeness (QED) is 0.542. The Morgan fingerprint density at radius 2 is 2.04 bits per heavy atom. The summed E-state index contributed by atoms with van der Waals surface area (Å²) in [4.78, 5) is 10.4. The number of hydrogen-bond acceptors (Lipinski definition) is 7. The van der Waals surface area contributed by atoms with Gasteiger partial charge in [0.2, 0.25) is 0 Å². The van der Waals surface area contributed by atoms with Gasteiger partial charge < -0.3 is 5.73 Å². The van der Waals surface area contributed by atoms with Crippen LogP contribution in [0.25, 0.3) is 11.4 Å². The monoisotopic (exact) mass is 369 g/mol. The molecule has 8 heteroatoms. The van der Waals surface area contributed by atoms with E-state index in [0.29, 0.717) is 23.3 Å². The molecule has 3 aromatic rings. The first-order chi connectivity index (χ1) is 12.3. The van der Waals surface area contributed by atoms with E-state index in [1.165, 1.54) is 9.89 Å². The minimum Gasteiger partial charge on any atom is -0.395 e. The summed E-state index contributed by atoms with van der Waals surface area (Å²) in [6.45, 7) is 4.01. The summed E-state index contributed by atoms with van der Waals surface area (Å²) >= 11 is 1.78. The van der Waals surface area contributed by atoms with Gasteiger partial charge in [0.1, 0.15) is 0 Å². The summed E-state index contributed by atoms with van der Waals surface area (Å²) < 4.78 is 1.89. The normalized spacial score (nSPS) is 19.0. The van der Waals surface area contributed by atoms with Crippen molar-refractivity contribution in [1.82, 2.24) is 19.7 Å². The van der Waals surface area contributed by atoms with Crippen LogP contribution in [0.1, 0.15) is 39.4 Å². The van der Waals surface area contributed by atoms with Gasteiger partial charge in [-0.1, -0.05) is 0 Å². The highest BCUT2D eigenvalue weighted by molar-refractivity contribution is 7.11. The van der Waals surface area contributed by atoms with Crippen LogP contribution in [-0.4, -0.2) is 26.8 Å². The van der Waals surface area contributed by atoms with Crippen molar-refractivity contribution in [3.8, 4) is 11.4 Å². The zero-order chi connectivity index (χ0) is 18.6. The van der Waals surface area contributed by atoms with Crippen LogP contribution in [0.15, 0.2) is 18.3 Å². The third-order valence-electron chi connectivity index (χ3n) is 4.92. The van der Waals surface area contributed by atoms with Crippen LogP contribution >= 0.6 is 11.3 Å². The average molecular weight is 369 g/mol. The number of anilines is 2. The van der Waals surface area contributed by atoms with E-state index in [1.807, 2.05) is 37.8 Å². The lowest BCUT2D eigenvalue weighted by molar-refractivity contribution is 0.745. The van der Waals surface area contributed by atoms with Crippen molar-refractivity contribution in [3.05, 3.63) is 39.5 Å². The van der Waals surface area contributed by atoms with Crippen molar-refractivity contribution < 1.29 is 0 Å². The van der Waals surface area contributed by atoms with Crippen molar-refractivity contribution in [1.29, 1.82) is 0 Å². The SMILES string of the molecule is Cc1ncc(C2CC2c2cc(-c3cc(C)c(N)c(N(C)N)n3)n(C)n2)s1. The minimum atomic E-state index is 0.460. The van der Waals surface area contributed by atoms with E-state index in [0.717, 1.165) is 34.1 Å². The predicted octanol–water partition coefficient (Wildman–Crippen LogP) is 2.72. The lowest BCUT2D eigenvalue weighted by atomic mass is 10.1. The fraction of sp³-hybridized carbons (Fsp3) is 0.389. The molecule has 0 aliphatic heterocycles. The molecule has 4 N–H and O–H groups in total. The van der Waals surface area contributed by atoms with Crippen molar-refractivity contribution in [2.45, 2.75) is 32.1 Å². The fourth-order valence-electron chi connectivity index (χ4n) is 3.36. The molecular formula is C18H23N7S. The Balaban J connectivity index is 1.66. The first kappa shape index (κ1) is 17.0. The van der Waals surface area contributed by atoms with Crippen molar-refractivity contribution in [2.24, 2.45) is 12.9 Å². The minimum absolute atomic E-state index is 0.460. The Hall–Kier alpha value is -2.45. The number of aromatic nitrogens is 4. The maximum Gasteiger partial charge on any atom is 0.166 e. The maximum absolute atomic E-state index is 6.11. The summed E-state index contributed by atoms with van der Waals surface area (Å²) in [7, 11) is 3.69. The van der Waals surface area contributed by atoms with Gasteiger partial charge in [-0.25, -0.2) is 15.8 Å². The number of nitrogens with two attached hydrogens (primary N) is 2. The topological polar surface area (TPSA) is 98.9 Å². The molecule has 0 amide bonds. The summed E-state index contributed by atoms with van der Waals surface area (Å²) in [5.74, 6) is 7.45. The van der Waals surface area contributed by atoms with Crippen LogP contribution < -0.4 is 16.6 Å². The van der Waals surface area contributed by atoms with Crippen LogP contribution in [0, 0.1) is 13.8 Å². The highest BCUT2D eigenvalue weighted by atomic mass is 32.1. The zero-order valence-corrected chi connectivity index (χ0v) is 16.2. The Morgan fingerprint density at radius 1 is 1.27 bits per heavy atom. The predicted molar refractivity (Wildman–Crippen MR) is 105 cm³/mol. The molecule has 2 atom stereocenters. The van der Waals surface area contributed by atoms with Gasteiger partial charge in [0.15, 0.2) is 5.82 Å². The second-order valence-electron chi connectivity index (χ2n) is 6.98. The number of nitrogen functional groups attached to an aromatic ring is 1. The van der Waals surface area contributed by atoms with Crippen LogP contribution in [0.3, 0.4) is 0 Å². The standard InChI is InChI=1S/C18H23N7S/c1-9-5-14(22-18(17(9)19)24(3)20)15-7-13(23-25(15)4)11-6-12(11)16-8-21-10(2)26-16/h5,7-8,11-12H,6,19-20H2,1-4H3. The fourth-order valence-corrected chi connectivity index (χ4v) is 4.33. The average Bonchev–Trinajstić information content (AvgIpc) is 3.11. The third-order valence-corrected chi connectivity index (χ3v) is 5.96. The highest BCUT2D eigenvalue weighted by Gasteiger charge is 2.42. The first-order valence-electron chi connectivity index (χ1n) is 8.57. The van der Waals surface area contributed by atoms with Gasteiger partial charge in [-0.2, -0.15) is 5.10 Å². The van der Waals surface area contributed by atoms with Gasteiger partial charge in [-0.15, -0.1) is 11.3 Å². The van der Waals surface area contributed by atoms with Gasteiger partial charge in [0, 0.05) is 37.0 Å². The van der Waals surface area contributed by atoms with E-state index in [-0.39, 0.29) is 0 Å². The molecule has 0 saturated heterocycles. The van der Waals surface area contributed by atoms with Crippen LogP contribution in [0.5, 0.6) is 0 Å². The molecule has 4 rings (SSSR count). The summed E-state index contributed by atoms with van der Waals surface area (Å²) in [6, 6.07) is 4.12. The molecular weight excluding hydrogens is 346 g/mol. The molecule has 0 bridgehead atoms. The lowest BCUT2D eigenvalue weighted by Gasteiger charge is -2.16. The Labute approximate surface area is 156 Å². The van der Waals surface area contributed by atoms with Gasteiger partial charge in [-0.05, 0) is 38.0 Å². The molecule has 1 aliphatic rings. The van der Waals surface area contributed by atoms with Crippen molar-refractivity contribution in [3.63, 3.8) is 0 Å². The van der Waals surface area contributed by atoms with E-state index in [1.54, 1.807) is 18.4 Å². The number of hydrazine groups is 1. The molecule has 0 aromatic carbocycles. The maximum atomic E-state index is 6.11. The van der Waals surface area contributed by atoms with Crippen LogP contribution in [0.4, 0.5) is 11.5 Å². The number of nitrogens with zero attached hydrogens (tertiary/aromatic N) is 5. The summed E-state index contributed by atoms with van der Waals surface area (Å²) in [6.07, 6.45) is 3.13. The number of hydrogen-bond donors (Lipinski definition) is 2. The molecule has 7 nitrogen and oxygen atoms in total. The van der Waals surface area contributed by atoms with E-state index >= 15 is 0 Å².